The second kappa shape index (κ2) is 2.90. The van der Waals surface area contributed by atoms with Gasteiger partial charge in [-0.05, 0) is 20.8 Å². The van der Waals surface area contributed by atoms with E-state index >= 15 is 0 Å². The first-order valence-corrected chi connectivity index (χ1v) is 4.73. The molecule has 2 aliphatic rings. The molecule has 0 aromatic heterocycles. The Bertz CT molecular complexity index is 241. The van der Waals surface area contributed by atoms with Gasteiger partial charge in [-0.1, -0.05) is 0 Å². The van der Waals surface area contributed by atoms with E-state index in [1.807, 2.05) is 0 Å². The highest BCUT2D eigenvalue weighted by atomic mass is 16.9. The van der Waals surface area contributed by atoms with E-state index in [2.05, 4.69) is 0 Å². The van der Waals surface area contributed by atoms with Crippen molar-refractivity contribution in [3.8, 4) is 0 Å². The topological polar surface area (TPSA) is 68.2 Å². The summed E-state index contributed by atoms with van der Waals surface area (Å²) in [5, 5.41) is 18.7. The molecule has 0 spiro atoms. The quantitative estimate of drug-likeness (QED) is 0.608. The minimum absolute atomic E-state index is 0.236. The molecule has 0 amide bonds. The van der Waals surface area contributed by atoms with E-state index in [0.29, 0.717) is 0 Å². The van der Waals surface area contributed by atoms with Gasteiger partial charge in [-0.25, -0.2) is 0 Å². The molecule has 0 aliphatic carbocycles. The number of aliphatic hydroxyl groups is 2. The smallest absolute Gasteiger partial charge is 0.198 e. The summed E-state index contributed by atoms with van der Waals surface area (Å²) in [5.41, 5.74) is 0. The lowest BCUT2D eigenvalue weighted by molar-refractivity contribution is -0.258. The van der Waals surface area contributed by atoms with Gasteiger partial charge in [-0.15, -0.1) is 0 Å². The molecule has 4 unspecified atom stereocenters. The summed E-state index contributed by atoms with van der Waals surface area (Å²) < 4.78 is 16.5. The molecule has 2 saturated heterocycles. The number of rotatable bonds is 1. The normalized spacial score (nSPS) is 50.8. The van der Waals surface area contributed by atoms with E-state index in [0.717, 1.165) is 0 Å². The summed E-state index contributed by atoms with van der Waals surface area (Å²) in [6.45, 7) is 5.01. The number of hydrogen-bond acceptors (Lipinski definition) is 5. The Morgan fingerprint density at radius 2 is 1.86 bits per heavy atom. The number of ether oxygens (including phenoxy) is 3. The zero-order valence-electron chi connectivity index (χ0n) is 8.56. The van der Waals surface area contributed by atoms with Crippen molar-refractivity contribution in [1.82, 2.24) is 0 Å². The summed E-state index contributed by atoms with van der Waals surface area (Å²) in [4.78, 5) is 0. The van der Waals surface area contributed by atoms with Crippen molar-refractivity contribution in [2.75, 3.05) is 6.61 Å². The fraction of sp³-hybridized carbons (Fsp3) is 1.00. The molecule has 0 aromatic carbocycles. The second-order valence-corrected chi connectivity index (χ2v) is 4.39. The summed E-state index contributed by atoms with van der Waals surface area (Å²) in [5.74, 6) is -1.70. The third kappa shape index (κ3) is 1.36. The van der Waals surface area contributed by atoms with Crippen LogP contribution in [0.2, 0.25) is 0 Å². The molecular formula is C9H16O5. The Kier molecular flexibility index (Phi) is 2.14. The largest absolute Gasteiger partial charge is 0.394 e. The second-order valence-electron chi connectivity index (χ2n) is 4.39. The van der Waals surface area contributed by atoms with E-state index in [1.54, 1.807) is 20.8 Å². The van der Waals surface area contributed by atoms with Gasteiger partial charge in [0.15, 0.2) is 11.6 Å². The van der Waals surface area contributed by atoms with Gasteiger partial charge in [-0.3, -0.25) is 0 Å². The molecule has 2 rings (SSSR count). The van der Waals surface area contributed by atoms with Crippen LogP contribution in [-0.4, -0.2) is 46.7 Å². The standard InChI is InChI=1S/C9H16O5/c1-8(2)13-7-6(11)5(4-10)12-9(7,3)14-8/h5-7,10-11H,4H2,1-3H3. The summed E-state index contributed by atoms with van der Waals surface area (Å²) >= 11 is 0. The van der Waals surface area contributed by atoms with Gasteiger partial charge in [0.25, 0.3) is 0 Å². The third-order valence-electron chi connectivity index (χ3n) is 2.63. The van der Waals surface area contributed by atoms with Crippen LogP contribution in [0.3, 0.4) is 0 Å². The molecule has 5 heteroatoms. The van der Waals surface area contributed by atoms with Gasteiger partial charge >= 0.3 is 0 Å². The fourth-order valence-corrected chi connectivity index (χ4v) is 2.16. The van der Waals surface area contributed by atoms with Crippen molar-refractivity contribution in [1.29, 1.82) is 0 Å². The van der Waals surface area contributed by atoms with Gasteiger partial charge in [0.1, 0.15) is 18.3 Å². The maximum atomic E-state index is 9.77. The van der Waals surface area contributed by atoms with Crippen molar-refractivity contribution >= 4 is 0 Å². The first kappa shape index (κ1) is 10.3. The lowest BCUT2D eigenvalue weighted by Gasteiger charge is -2.24. The van der Waals surface area contributed by atoms with E-state index in [4.69, 9.17) is 19.3 Å². The summed E-state index contributed by atoms with van der Waals surface area (Å²) in [7, 11) is 0. The van der Waals surface area contributed by atoms with Crippen LogP contribution in [0, 0.1) is 0 Å². The van der Waals surface area contributed by atoms with Crippen molar-refractivity contribution in [2.24, 2.45) is 0 Å². The monoisotopic (exact) mass is 204 g/mol. The molecule has 2 N–H and O–H groups in total. The molecule has 4 atom stereocenters. The van der Waals surface area contributed by atoms with Crippen molar-refractivity contribution in [2.45, 2.75) is 50.7 Å². The van der Waals surface area contributed by atoms with Crippen LogP contribution in [0.4, 0.5) is 0 Å². The fourth-order valence-electron chi connectivity index (χ4n) is 2.16. The Morgan fingerprint density at radius 3 is 2.36 bits per heavy atom. The third-order valence-corrected chi connectivity index (χ3v) is 2.63. The minimum atomic E-state index is -0.948. The van der Waals surface area contributed by atoms with Gasteiger partial charge in [0, 0.05) is 0 Å². The first-order chi connectivity index (χ1) is 6.38. The lowest BCUT2D eigenvalue weighted by Crippen LogP contribution is -2.37. The molecule has 2 heterocycles. The highest BCUT2D eigenvalue weighted by Crippen LogP contribution is 2.44. The molecule has 14 heavy (non-hydrogen) atoms. The molecule has 0 aromatic rings. The van der Waals surface area contributed by atoms with Crippen LogP contribution in [0.25, 0.3) is 0 Å². The Hall–Kier alpha value is -0.200. The lowest BCUT2D eigenvalue weighted by atomic mass is 10.1. The van der Waals surface area contributed by atoms with E-state index in [1.165, 1.54) is 0 Å². The maximum Gasteiger partial charge on any atom is 0.198 e. The van der Waals surface area contributed by atoms with Gasteiger partial charge < -0.3 is 24.4 Å². The number of fused-ring (bicyclic) bond motifs is 1. The number of aliphatic hydroxyl groups excluding tert-OH is 2. The molecule has 5 nitrogen and oxygen atoms in total. The van der Waals surface area contributed by atoms with Crippen molar-refractivity contribution < 1.29 is 24.4 Å². The van der Waals surface area contributed by atoms with Gasteiger partial charge in [0.2, 0.25) is 0 Å². The zero-order chi connectivity index (χ0) is 10.6. The summed E-state index contributed by atoms with van der Waals surface area (Å²) in [6.07, 6.45) is -2.00. The van der Waals surface area contributed by atoms with Gasteiger partial charge in [-0.2, -0.15) is 0 Å². The molecule has 0 bridgehead atoms. The first-order valence-electron chi connectivity index (χ1n) is 4.73. The maximum absolute atomic E-state index is 9.77. The molecule has 2 aliphatic heterocycles. The molecule has 82 valence electrons. The van der Waals surface area contributed by atoms with E-state index < -0.39 is 29.9 Å². The molecule has 2 fully saturated rings. The SMILES string of the molecule is CC1(C)OC2C(O)C(CO)OC2(C)O1. The van der Waals surface area contributed by atoms with Crippen LogP contribution in [0.15, 0.2) is 0 Å². The number of hydrogen-bond donors (Lipinski definition) is 2. The minimum Gasteiger partial charge on any atom is -0.394 e. The highest BCUT2D eigenvalue weighted by Gasteiger charge is 2.61. The Balaban J connectivity index is 2.20. The van der Waals surface area contributed by atoms with Crippen LogP contribution < -0.4 is 0 Å². The van der Waals surface area contributed by atoms with Crippen LogP contribution in [-0.2, 0) is 14.2 Å². The van der Waals surface area contributed by atoms with Gasteiger partial charge in [0.05, 0.1) is 6.61 Å². The Labute approximate surface area is 82.6 Å². The van der Waals surface area contributed by atoms with Crippen molar-refractivity contribution in [3.63, 3.8) is 0 Å². The molecule has 0 radical (unpaired) electrons. The average Bonchev–Trinajstić information content (AvgIpc) is 2.41. The van der Waals surface area contributed by atoms with Crippen LogP contribution in [0.5, 0.6) is 0 Å². The highest BCUT2D eigenvalue weighted by molar-refractivity contribution is 4.99. The predicted molar refractivity (Wildman–Crippen MR) is 46.4 cm³/mol. The Morgan fingerprint density at radius 1 is 1.21 bits per heavy atom. The van der Waals surface area contributed by atoms with E-state index in [-0.39, 0.29) is 6.61 Å². The molecular weight excluding hydrogens is 188 g/mol. The van der Waals surface area contributed by atoms with Crippen LogP contribution in [0.1, 0.15) is 20.8 Å². The summed E-state index contributed by atoms with van der Waals surface area (Å²) in [6, 6.07) is 0. The van der Waals surface area contributed by atoms with Crippen molar-refractivity contribution in [3.05, 3.63) is 0 Å². The predicted octanol–water partition coefficient (Wildman–Crippen LogP) is -0.394. The molecule has 0 saturated carbocycles. The zero-order valence-corrected chi connectivity index (χ0v) is 8.56. The average molecular weight is 204 g/mol. The van der Waals surface area contributed by atoms with Crippen LogP contribution >= 0.6 is 0 Å². The van der Waals surface area contributed by atoms with E-state index in [9.17, 15) is 5.11 Å².